The molecule has 2 heterocycles. The first-order valence-corrected chi connectivity index (χ1v) is 11.5. The zero-order chi connectivity index (χ0) is 23.5. The van der Waals surface area contributed by atoms with Gasteiger partial charge in [0, 0.05) is 26.1 Å². The first-order valence-electron chi connectivity index (χ1n) is 11.5. The van der Waals surface area contributed by atoms with Gasteiger partial charge in [0.1, 0.15) is 0 Å². The average molecular weight is 447 g/mol. The first kappa shape index (κ1) is 22.7. The van der Waals surface area contributed by atoms with Gasteiger partial charge in [-0.05, 0) is 48.9 Å². The zero-order valence-electron chi connectivity index (χ0n) is 19.4. The number of hydrogen-bond donors (Lipinski definition) is 1. The van der Waals surface area contributed by atoms with Crippen molar-refractivity contribution in [1.29, 1.82) is 0 Å². The van der Waals surface area contributed by atoms with Crippen molar-refractivity contribution in [2.24, 2.45) is 11.8 Å². The van der Waals surface area contributed by atoms with Crippen molar-refractivity contribution >= 4 is 28.4 Å². The summed E-state index contributed by atoms with van der Waals surface area (Å²) in [6, 6.07) is 12.6. The lowest BCUT2D eigenvalue weighted by atomic mass is 9.91. The molecular weight excluding hydrogens is 416 g/mol. The summed E-state index contributed by atoms with van der Waals surface area (Å²) in [5, 5.41) is 3.41. The van der Waals surface area contributed by atoms with Gasteiger partial charge in [-0.3, -0.25) is 19.0 Å². The van der Waals surface area contributed by atoms with Crippen LogP contribution in [0.15, 0.2) is 53.6 Å². The molecule has 0 radical (unpaired) electrons. The molecule has 2 amide bonds. The van der Waals surface area contributed by atoms with Crippen molar-refractivity contribution in [2.75, 3.05) is 18.4 Å². The van der Waals surface area contributed by atoms with E-state index in [1.807, 2.05) is 30.0 Å². The summed E-state index contributed by atoms with van der Waals surface area (Å²) in [7, 11) is 0. The van der Waals surface area contributed by atoms with Crippen LogP contribution in [0, 0.1) is 18.8 Å². The second-order valence-corrected chi connectivity index (χ2v) is 9.21. The first-order chi connectivity index (χ1) is 15.8. The number of hydrogen-bond acceptors (Lipinski definition) is 4. The van der Waals surface area contributed by atoms with Crippen molar-refractivity contribution in [3.05, 3.63) is 70.3 Å². The maximum absolute atomic E-state index is 13.2. The largest absolute Gasteiger partial charge is 0.338 e. The zero-order valence-corrected chi connectivity index (χ0v) is 19.4. The van der Waals surface area contributed by atoms with E-state index in [0.717, 1.165) is 25.1 Å². The molecule has 0 aliphatic carbocycles. The Bertz CT molecular complexity index is 1240. The molecule has 3 aromatic rings. The molecule has 33 heavy (non-hydrogen) atoms. The van der Waals surface area contributed by atoms with Gasteiger partial charge < -0.3 is 10.2 Å². The lowest BCUT2D eigenvalue weighted by Gasteiger charge is -2.35. The van der Waals surface area contributed by atoms with Gasteiger partial charge in [0.25, 0.3) is 11.5 Å². The van der Waals surface area contributed by atoms with Crippen LogP contribution in [0.25, 0.3) is 10.9 Å². The molecule has 0 bridgehead atoms. The molecule has 1 fully saturated rings. The number of aryl methyl sites for hydroxylation is 2. The van der Waals surface area contributed by atoms with Gasteiger partial charge in [0.2, 0.25) is 5.91 Å². The Morgan fingerprint density at radius 1 is 1.06 bits per heavy atom. The quantitative estimate of drug-likeness (QED) is 0.645. The minimum absolute atomic E-state index is 0.0605. The molecule has 0 saturated carbocycles. The molecule has 7 nitrogen and oxygen atoms in total. The lowest BCUT2D eigenvalue weighted by Crippen LogP contribution is -2.42. The Balaban J connectivity index is 1.46. The van der Waals surface area contributed by atoms with Crippen LogP contribution in [0.3, 0.4) is 0 Å². The van der Waals surface area contributed by atoms with Crippen LogP contribution < -0.4 is 10.9 Å². The number of likely N-dealkylation sites (tertiary alicyclic amines) is 1. The number of para-hydroxylation sites is 2. The number of rotatable bonds is 5. The summed E-state index contributed by atoms with van der Waals surface area (Å²) in [6.45, 7) is 7.89. The van der Waals surface area contributed by atoms with E-state index in [-0.39, 0.29) is 30.3 Å². The monoisotopic (exact) mass is 446 g/mol. The van der Waals surface area contributed by atoms with Crippen molar-refractivity contribution < 1.29 is 9.59 Å². The van der Waals surface area contributed by atoms with Crippen molar-refractivity contribution in [3.63, 3.8) is 0 Å². The third kappa shape index (κ3) is 4.97. The predicted octanol–water partition coefficient (Wildman–Crippen LogP) is 3.85. The third-order valence-corrected chi connectivity index (χ3v) is 6.22. The van der Waals surface area contributed by atoms with Crippen molar-refractivity contribution in [3.8, 4) is 0 Å². The molecule has 1 aromatic heterocycles. The van der Waals surface area contributed by atoms with Crippen molar-refractivity contribution in [1.82, 2.24) is 14.5 Å². The number of carbonyl (C=O) groups is 2. The molecule has 1 aliphatic heterocycles. The molecule has 172 valence electrons. The van der Waals surface area contributed by atoms with E-state index in [1.54, 1.807) is 24.3 Å². The molecular formula is C26H30N4O3. The summed E-state index contributed by atoms with van der Waals surface area (Å²) >= 11 is 0. The highest BCUT2D eigenvalue weighted by atomic mass is 16.2. The molecule has 1 aliphatic rings. The summed E-state index contributed by atoms with van der Waals surface area (Å²) < 4.78 is 1.45. The van der Waals surface area contributed by atoms with Gasteiger partial charge in [0.05, 0.1) is 28.5 Å². The molecule has 0 spiro atoms. The highest BCUT2D eigenvalue weighted by Crippen LogP contribution is 2.25. The smallest absolute Gasteiger partial charge is 0.261 e. The highest BCUT2D eigenvalue weighted by Gasteiger charge is 2.27. The Morgan fingerprint density at radius 3 is 2.55 bits per heavy atom. The van der Waals surface area contributed by atoms with Crippen LogP contribution in [0.1, 0.15) is 42.6 Å². The topological polar surface area (TPSA) is 84.3 Å². The van der Waals surface area contributed by atoms with E-state index >= 15 is 0 Å². The van der Waals surface area contributed by atoms with Gasteiger partial charge >= 0.3 is 0 Å². The second kappa shape index (κ2) is 9.57. The van der Waals surface area contributed by atoms with Crippen molar-refractivity contribution in [2.45, 2.75) is 40.2 Å². The molecule has 4 rings (SSSR count). The van der Waals surface area contributed by atoms with E-state index in [4.69, 9.17) is 0 Å². The minimum atomic E-state index is -0.258. The number of fused-ring (bicyclic) bond motifs is 1. The summed E-state index contributed by atoms with van der Waals surface area (Å²) in [6.07, 6.45) is 2.70. The average Bonchev–Trinajstić information content (AvgIpc) is 2.78. The summed E-state index contributed by atoms with van der Waals surface area (Å²) in [5.74, 6) is 0.593. The van der Waals surface area contributed by atoms with Gasteiger partial charge in [0.15, 0.2) is 0 Å². The van der Waals surface area contributed by atoms with Gasteiger partial charge in [-0.2, -0.15) is 0 Å². The Morgan fingerprint density at radius 2 is 1.79 bits per heavy atom. The molecule has 7 heteroatoms. The molecule has 1 saturated heterocycles. The Labute approximate surface area is 193 Å². The molecule has 1 N–H and O–H groups in total. The van der Waals surface area contributed by atoms with Gasteiger partial charge in [-0.1, -0.05) is 38.1 Å². The number of benzene rings is 2. The normalized spacial score (nSPS) is 18.3. The van der Waals surface area contributed by atoms with Gasteiger partial charge in [-0.25, -0.2) is 4.98 Å². The molecule has 2 atom stereocenters. The molecule has 2 unspecified atom stereocenters. The number of aromatic nitrogens is 2. The van der Waals surface area contributed by atoms with Crippen LogP contribution in [0.4, 0.5) is 5.69 Å². The van der Waals surface area contributed by atoms with E-state index in [0.29, 0.717) is 34.0 Å². The lowest BCUT2D eigenvalue weighted by molar-refractivity contribution is -0.116. The van der Waals surface area contributed by atoms with E-state index in [1.165, 1.54) is 10.9 Å². The fourth-order valence-electron chi connectivity index (χ4n) is 4.71. The number of nitrogens with one attached hydrogen (secondary N) is 1. The SMILES string of the molecule is Cc1cccc2c(=O)n(CCC(=O)Nc3ccccc3C(=O)N3CC(C)CC(C)C3)cnc12. The summed E-state index contributed by atoms with van der Waals surface area (Å²) in [5.41, 5.74) is 2.44. The fourth-order valence-corrected chi connectivity index (χ4v) is 4.71. The van der Waals surface area contributed by atoms with Crippen LogP contribution in [0.2, 0.25) is 0 Å². The second-order valence-electron chi connectivity index (χ2n) is 9.21. The van der Waals surface area contributed by atoms with E-state index in [2.05, 4.69) is 24.1 Å². The van der Waals surface area contributed by atoms with Gasteiger partial charge in [-0.15, -0.1) is 0 Å². The maximum atomic E-state index is 13.2. The van der Waals surface area contributed by atoms with Crippen LogP contribution in [0.5, 0.6) is 0 Å². The standard InChI is InChI=1S/C26H30N4O3/c1-17-13-18(2)15-30(14-17)25(32)20-8-4-5-10-22(20)28-23(31)11-12-29-16-27-24-19(3)7-6-9-21(24)26(29)33/h4-10,16-18H,11-15H2,1-3H3,(H,28,31). The minimum Gasteiger partial charge on any atom is -0.338 e. The number of amides is 2. The number of nitrogens with zero attached hydrogens (tertiary/aromatic N) is 3. The third-order valence-electron chi connectivity index (χ3n) is 6.22. The maximum Gasteiger partial charge on any atom is 0.261 e. The summed E-state index contributed by atoms with van der Waals surface area (Å²) in [4.78, 5) is 44.9. The fraction of sp³-hybridized carbons (Fsp3) is 0.385. The number of carbonyl (C=O) groups excluding carboxylic acids is 2. The number of anilines is 1. The number of piperidine rings is 1. The predicted molar refractivity (Wildman–Crippen MR) is 129 cm³/mol. The van der Waals surface area contributed by atoms with Crippen LogP contribution >= 0.6 is 0 Å². The highest BCUT2D eigenvalue weighted by molar-refractivity contribution is 6.03. The van der Waals surface area contributed by atoms with Crippen LogP contribution in [-0.4, -0.2) is 39.4 Å². The Kier molecular flexibility index (Phi) is 6.58. The Hall–Kier alpha value is -3.48. The molecule has 2 aromatic carbocycles. The van der Waals surface area contributed by atoms with Crippen LogP contribution in [-0.2, 0) is 11.3 Å². The van der Waals surface area contributed by atoms with E-state index in [9.17, 15) is 14.4 Å². The van der Waals surface area contributed by atoms with E-state index < -0.39 is 0 Å².